The van der Waals surface area contributed by atoms with Crippen molar-refractivity contribution < 1.29 is 0 Å². The summed E-state index contributed by atoms with van der Waals surface area (Å²) in [5.41, 5.74) is 17.0. The Morgan fingerprint density at radius 2 is 0.796 bits per heavy atom. The highest BCUT2D eigenvalue weighted by molar-refractivity contribution is 7.13. The minimum Gasteiger partial charge on any atom is -0.256 e. The molecule has 0 atom stereocenters. The average Bonchev–Trinajstić information content (AvgIpc) is 4.00. The lowest BCUT2D eigenvalue weighted by molar-refractivity contribution is 1.33. The van der Waals surface area contributed by atoms with Gasteiger partial charge in [-0.15, -0.1) is 22.7 Å². The fraction of sp³-hybridized carbons (Fsp3) is 0. The predicted octanol–water partition coefficient (Wildman–Crippen LogP) is 13.4. The van der Waals surface area contributed by atoms with Crippen LogP contribution in [0.4, 0.5) is 0 Å². The van der Waals surface area contributed by atoms with E-state index in [1.807, 2.05) is 35.8 Å². The van der Waals surface area contributed by atoms with E-state index in [0.717, 1.165) is 76.1 Å². The van der Waals surface area contributed by atoms with Crippen molar-refractivity contribution in [1.29, 1.82) is 0 Å². The molecular formula is C48H30N4S2. The summed E-state index contributed by atoms with van der Waals surface area (Å²) in [5.74, 6) is 0. The average molecular weight is 727 g/mol. The van der Waals surface area contributed by atoms with E-state index in [1.165, 1.54) is 22.3 Å². The number of aromatic nitrogens is 4. The predicted molar refractivity (Wildman–Crippen MR) is 226 cm³/mol. The third-order valence-electron chi connectivity index (χ3n) is 9.97. The van der Waals surface area contributed by atoms with Crippen molar-refractivity contribution in [2.24, 2.45) is 0 Å². The third kappa shape index (κ3) is 5.88. The molecule has 4 aromatic heterocycles. The Hall–Kier alpha value is -6.60. The van der Waals surface area contributed by atoms with Crippen molar-refractivity contribution >= 4 is 44.2 Å². The van der Waals surface area contributed by atoms with Crippen LogP contribution in [0, 0.1) is 0 Å². The van der Waals surface area contributed by atoms with Crippen LogP contribution in [0.25, 0.3) is 98.3 Å². The Morgan fingerprint density at radius 1 is 0.333 bits per heavy atom. The zero-order valence-electron chi connectivity index (χ0n) is 28.9. The molecule has 0 bridgehead atoms. The Balaban J connectivity index is 1.27. The third-order valence-corrected chi connectivity index (χ3v) is 11.6. The van der Waals surface area contributed by atoms with E-state index in [9.17, 15) is 0 Å². The molecule has 0 spiro atoms. The lowest BCUT2D eigenvalue weighted by Gasteiger charge is -2.19. The number of benzene rings is 6. The molecule has 0 radical (unpaired) electrons. The summed E-state index contributed by atoms with van der Waals surface area (Å²) < 4.78 is 0. The van der Waals surface area contributed by atoms with Crippen LogP contribution in [0.5, 0.6) is 0 Å². The Labute approximate surface area is 320 Å². The largest absolute Gasteiger partial charge is 0.256 e. The molecule has 0 aliphatic carbocycles. The molecule has 6 aromatic carbocycles. The topological polar surface area (TPSA) is 51.6 Å². The van der Waals surface area contributed by atoms with Gasteiger partial charge in [0, 0.05) is 35.9 Å². The van der Waals surface area contributed by atoms with Gasteiger partial charge < -0.3 is 0 Å². The van der Waals surface area contributed by atoms with Gasteiger partial charge in [0.15, 0.2) is 0 Å². The van der Waals surface area contributed by atoms with E-state index in [1.54, 1.807) is 22.7 Å². The van der Waals surface area contributed by atoms with E-state index in [4.69, 9.17) is 9.97 Å². The van der Waals surface area contributed by atoms with E-state index in [2.05, 4.69) is 156 Å². The standard InChI is InChI=1S/C48H30N4S2/c1-3-9-31(10-4-1)36-21-37(32-11-5-2-6-12-32)23-38(22-36)33-15-16-41-42(24-33)48(44-26-35(18-20-52-44)46-28-50-30-54-46)40-14-8-7-13-39(40)47(41)43-25-34(17-19-51-43)45-27-49-29-53-45/h1-30H. The highest BCUT2D eigenvalue weighted by Gasteiger charge is 2.20. The molecule has 0 aliphatic rings. The maximum atomic E-state index is 5.04. The lowest BCUT2D eigenvalue weighted by Crippen LogP contribution is -1.95. The first-order valence-electron chi connectivity index (χ1n) is 17.7. The summed E-state index contributed by atoms with van der Waals surface area (Å²) in [6.45, 7) is 0. The zero-order valence-corrected chi connectivity index (χ0v) is 30.6. The van der Waals surface area contributed by atoms with E-state index in [-0.39, 0.29) is 0 Å². The number of pyridine rings is 2. The summed E-state index contributed by atoms with van der Waals surface area (Å²) in [4.78, 5) is 21.0. The lowest BCUT2D eigenvalue weighted by atomic mass is 9.86. The maximum Gasteiger partial charge on any atom is 0.0797 e. The molecule has 254 valence electrons. The van der Waals surface area contributed by atoms with Crippen LogP contribution in [0.2, 0.25) is 0 Å². The van der Waals surface area contributed by atoms with Crippen molar-refractivity contribution in [3.05, 3.63) is 181 Å². The SMILES string of the molecule is c1ccc(-c2cc(-c3ccccc3)cc(-c3ccc4c(-c5cc(-c6cncs6)ccn5)c5ccccc5c(-c5cc(-c6cncs6)ccn5)c4c3)c2)cc1. The highest BCUT2D eigenvalue weighted by atomic mass is 32.1. The molecule has 4 nitrogen and oxygen atoms in total. The molecule has 0 saturated heterocycles. The van der Waals surface area contributed by atoms with Gasteiger partial charge in [-0.25, -0.2) is 0 Å². The zero-order chi connectivity index (χ0) is 35.8. The molecular weight excluding hydrogens is 697 g/mol. The van der Waals surface area contributed by atoms with Crippen molar-refractivity contribution in [2.45, 2.75) is 0 Å². The molecule has 0 unspecified atom stereocenters. The first-order chi connectivity index (χ1) is 26.8. The van der Waals surface area contributed by atoms with Gasteiger partial charge in [-0.1, -0.05) is 97.1 Å². The molecule has 10 aromatic rings. The monoisotopic (exact) mass is 726 g/mol. The summed E-state index contributed by atoms with van der Waals surface area (Å²) in [6.07, 6.45) is 7.67. The normalized spacial score (nSPS) is 11.3. The number of nitrogens with zero attached hydrogens (tertiary/aromatic N) is 4. The number of thiazole rings is 2. The van der Waals surface area contributed by atoms with Crippen LogP contribution in [0.15, 0.2) is 181 Å². The van der Waals surface area contributed by atoms with Gasteiger partial charge in [0.25, 0.3) is 0 Å². The van der Waals surface area contributed by atoms with Crippen LogP contribution in [-0.2, 0) is 0 Å². The number of fused-ring (bicyclic) bond motifs is 2. The molecule has 0 amide bonds. The summed E-state index contributed by atoms with van der Waals surface area (Å²) >= 11 is 3.27. The second-order valence-electron chi connectivity index (χ2n) is 13.2. The molecule has 0 N–H and O–H groups in total. The number of hydrogen-bond donors (Lipinski definition) is 0. The summed E-state index contributed by atoms with van der Waals surface area (Å²) in [6, 6.07) is 52.3. The van der Waals surface area contributed by atoms with Gasteiger partial charge in [-0.05, 0) is 115 Å². The first kappa shape index (κ1) is 32.1. The molecule has 54 heavy (non-hydrogen) atoms. The van der Waals surface area contributed by atoms with Gasteiger partial charge in [0.05, 0.1) is 32.2 Å². The second kappa shape index (κ2) is 13.7. The van der Waals surface area contributed by atoms with Gasteiger partial charge in [-0.2, -0.15) is 0 Å². The highest BCUT2D eigenvalue weighted by Crippen LogP contribution is 2.45. The first-order valence-corrected chi connectivity index (χ1v) is 19.5. The van der Waals surface area contributed by atoms with Crippen LogP contribution < -0.4 is 0 Å². The van der Waals surface area contributed by atoms with Crippen molar-refractivity contribution in [1.82, 2.24) is 19.9 Å². The summed E-state index contributed by atoms with van der Waals surface area (Å²) in [5, 5.41) is 4.49. The quantitative estimate of drug-likeness (QED) is 0.153. The van der Waals surface area contributed by atoms with E-state index >= 15 is 0 Å². The van der Waals surface area contributed by atoms with Crippen molar-refractivity contribution in [3.63, 3.8) is 0 Å². The molecule has 10 rings (SSSR count). The number of rotatable bonds is 7. The van der Waals surface area contributed by atoms with E-state index in [0.29, 0.717) is 0 Å². The fourth-order valence-corrected chi connectivity index (χ4v) is 8.70. The van der Waals surface area contributed by atoms with Gasteiger partial charge >= 0.3 is 0 Å². The molecule has 0 aliphatic heterocycles. The van der Waals surface area contributed by atoms with Crippen LogP contribution in [-0.4, -0.2) is 19.9 Å². The van der Waals surface area contributed by atoms with Gasteiger partial charge in [0.1, 0.15) is 0 Å². The maximum absolute atomic E-state index is 5.04. The minimum absolute atomic E-state index is 0.917. The second-order valence-corrected chi connectivity index (χ2v) is 15.0. The van der Waals surface area contributed by atoms with Crippen molar-refractivity contribution in [3.8, 4) is 76.8 Å². The number of hydrogen-bond acceptors (Lipinski definition) is 6. The Morgan fingerprint density at radius 3 is 1.30 bits per heavy atom. The molecule has 0 fully saturated rings. The van der Waals surface area contributed by atoms with E-state index < -0.39 is 0 Å². The van der Waals surface area contributed by atoms with Gasteiger partial charge in [0.2, 0.25) is 0 Å². The Kier molecular flexibility index (Phi) is 8.17. The van der Waals surface area contributed by atoms with Crippen LogP contribution >= 0.6 is 22.7 Å². The van der Waals surface area contributed by atoms with Crippen LogP contribution in [0.3, 0.4) is 0 Å². The molecule has 0 saturated carbocycles. The molecule has 4 heterocycles. The Bertz CT molecular complexity index is 2860. The summed E-state index contributed by atoms with van der Waals surface area (Å²) in [7, 11) is 0. The van der Waals surface area contributed by atoms with Crippen molar-refractivity contribution in [2.75, 3.05) is 0 Å². The van der Waals surface area contributed by atoms with Gasteiger partial charge in [-0.3, -0.25) is 19.9 Å². The van der Waals surface area contributed by atoms with Crippen LogP contribution in [0.1, 0.15) is 0 Å². The smallest absolute Gasteiger partial charge is 0.0797 e. The molecule has 6 heteroatoms. The fourth-order valence-electron chi connectivity index (χ4n) is 7.46. The minimum atomic E-state index is 0.917.